The van der Waals surface area contributed by atoms with Gasteiger partial charge in [-0.15, -0.1) is 0 Å². The fourth-order valence-corrected chi connectivity index (χ4v) is 2.73. The minimum Gasteiger partial charge on any atom is -0.467 e. The molecule has 0 aliphatic carbocycles. The van der Waals surface area contributed by atoms with E-state index in [1.165, 1.54) is 14.0 Å². The second kappa shape index (κ2) is 10.8. The number of carbonyl (C=O) groups is 3. The van der Waals surface area contributed by atoms with Crippen LogP contribution >= 0.6 is 0 Å². The lowest BCUT2D eigenvalue weighted by Gasteiger charge is -2.23. The number of esters is 1. The van der Waals surface area contributed by atoms with E-state index in [0.29, 0.717) is 0 Å². The van der Waals surface area contributed by atoms with Gasteiger partial charge in [-0.25, -0.2) is 18.7 Å². The number of methoxy groups -OCH3 is 1. The molecule has 0 aliphatic heterocycles. The molecule has 9 heteroatoms. The van der Waals surface area contributed by atoms with Crippen molar-refractivity contribution in [2.24, 2.45) is 7.05 Å². The number of hydrogen-bond acceptors (Lipinski definition) is 5. The molecular weight excluding hydrogens is 376 g/mol. The maximum atomic E-state index is 12.5. The van der Waals surface area contributed by atoms with Gasteiger partial charge in [0.15, 0.2) is 0 Å². The van der Waals surface area contributed by atoms with Crippen molar-refractivity contribution in [3.8, 4) is 0 Å². The average Bonchev–Trinajstić information content (AvgIpc) is 2.95. The number of aryl methyl sites for hydroxylation is 2. The summed E-state index contributed by atoms with van der Waals surface area (Å²) < 4.78 is 14.0. The third-order valence-corrected chi connectivity index (χ3v) is 4.14. The Bertz CT molecular complexity index is 708. The molecule has 2 amide bonds. The Kier molecular flexibility index (Phi) is 9.13. The summed E-state index contributed by atoms with van der Waals surface area (Å²) in [6, 6.07) is -1.74. The molecule has 0 saturated heterocycles. The predicted octanol–water partition coefficient (Wildman–Crippen LogP) is 1.23. The number of nitrogens with one attached hydrogen (secondary N) is 2. The Morgan fingerprint density at radius 2 is 1.90 bits per heavy atom. The molecule has 0 radical (unpaired) electrons. The molecule has 2 atom stereocenters. The Labute approximate surface area is 172 Å². The zero-order valence-corrected chi connectivity index (χ0v) is 18.6. The maximum absolute atomic E-state index is 12.5. The molecule has 0 unspecified atom stereocenters. The van der Waals surface area contributed by atoms with Gasteiger partial charge in [-0.1, -0.05) is 13.3 Å². The largest absolute Gasteiger partial charge is 0.467 e. The molecule has 1 heterocycles. The number of unbranched alkanes of at least 4 members (excludes halogenated alkanes) is 1. The Hall–Kier alpha value is -2.58. The molecule has 1 aromatic rings. The lowest BCUT2D eigenvalue weighted by molar-refractivity contribution is -0.671. The maximum Gasteiger partial charge on any atom is 0.408 e. The van der Waals surface area contributed by atoms with E-state index in [1.807, 2.05) is 24.1 Å². The molecule has 2 N–H and O–H groups in total. The van der Waals surface area contributed by atoms with E-state index in [1.54, 1.807) is 20.8 Å². The van der Waals surface area contributed by atoms with Crippen LogP contribution in [-0.4, -0.2) is 47.3 Å². The van der Waals surface area contributed by atoms with Gasteiger partial charge >= 0.3 is 12.1 Å². The van der Waals surface area contributed by atoms with Crippen LogP contribution in [0, 0.1) is 0 Å². The van der Waals surface area contributed by atoms with E-state index in [2.05, 4.69) is 22.1 Å². The first kappa shape index (κ1) is 24.5. The number of aromatic nitrogens is 2. The van der Waals surface area contributed by atoms with Crippen LogP contribution < -0.4 is 15.2 Å². The molecule has 0 aromatic carbocycles. The van der Waals surface area contributed by atoms with Crippen molar-refractivity contribution in [2.75, 3.05) is 7.11 Å². The SMILES string of the molecule is CCCCn1c[n+](C)cc1C[C@H](NC(=O)[C@H](C)NC(=O)OC(C)(C)C)C(=O)OC. The molecule has 1 aromatic heterocycles. The van der Waals surface area contributed by atoms with Gasteiger partial charge < -0.3 is 20.1 Å². The second-order valence-corrected chi connectivity index (χ2v) is 8.10. The second-order valence-electron chi connectivity index (χ2n) is 8.10. The first-order valence-corrected chi connectivity index (χ1v) is 9.88. The third kappa shape index (κ3) is 8.53. The van der Waals surface area contributed by atoms with Crippen LogP contribution in [0.4, 0.5) is 4.79 Å². The minimum atomic E-state index is -0.875. The molecule has 0 fully saturated rings. The Morgan fingerprint density at radius 1 is 1.24 bits per heavy atom. The van der Waals surface area contributed by atoms with Gasteiger partial charge in [-0.2, -0.15) is 0 Å². The van der Waals surface area contributed by atoms with Gasteiger partial charge in [0, 0.05) is 6.42 Å². The van der Waals surface area contributed by atoms with E-state index in [4.69, 9.17) is 9.47 Å². The van der Waals surface area contributed by atoms with Gasteiger partial charge in [-0.05, 0) is 34.1 Å². The predicted molar refractivity (Wildman–Crippen MR) is 107 cm³/mol. The van der Waals surface area contributed by atoms with Crippen LogP contribution in [0.15, 0.2) is 12.5 Å². The third-order valence-electron chi connectivity index (χ3n) is 4.14. The molecule has 0 aliphatic rings. The smallest absolute Gasteiger partial charge is 0.408 e. The van der Waals surface area contributed by atoms with E-state index in [9.17, 15) is 14.4 Å². The van der Waals surface area contributed by atoms with Gasteiger partial charge in [0.1, 0.15) is 29.6 Å². The normalized spacial score (nSPS) is 13.3. The molecule has 0 spiro atoms. The summed E-state index contributed by atoms with van der Waals surface area (Å²) in [5.41, 5.74) is 0.234. The Balaban J connectivity index is 2.83. The van der Waals surface area contributed by atoms with E-state index < -0.39 is 35.7 Å². The summed E-state index contributed by atoms with van der Waals surface area (Å²) in [6.45, 7) is 9.66. The number of alkyl carbamates (subject to hydrolysis) is 1. The zero-order chi connectivity index (χ0) is 22.2. The van der Waals surface area contributed by atoms with Gasteiger partial charge in [0.25, 0.3) is 0 Å². The van der Waals surface area contributed by atoms with E-state index >= 15 is 0 Å². The number of imidazole rings is 1. The number of carbonyl (C=O) groups excluding carboxylic acids is 3. The fourth-order valence-electron chi connectivity index (χ4n) is 2.73. The van der Waals surface area contributed by atoms with Crippen LogP contribution in [0.25, 0.3) is 0 Å². The van der Waals surface area contributed by atoms with Crippen molar-refractivity contribution in [3.05, 3.63) is 18.2 Å². The fraction of sp³-hybridized carbons (Fsp3) is 0.700. The summed E-state index contributed by atoms with van der Waals surface area (Å²) in [6.07, 6.45) is 5.51. The standard InChI is InChI=1S/C20H34N4O5/c1-8-9-10-24-13-23(6)12-15(24)11-16(18(26)28-7)22-17(25)14(2)21-19(27)29-20(3,4)5/h12-14,16H,8-11H2,1-7H3,(H-,21,22,25,27)/p+1/t14-,16-/m0/s1. The highest BCUT2D eigenvalue weighted by atomic mass is 16.6. The van der Waals surface area contributed by atoms with Crippen molar-refractivity contribution >= 4 is 18.0 Å². The molecule has 1 rings (SSSR count). The molecular formula is C20H35N4O5+. The van der Waals surface area contributed by atoms with Gasteiger partial charge in [0.05, 0.1) is 20.7 Å². The van der Waals surface area contributed by atoms with Crippen molar-refractivity contribution in [1.82, 2.24) is 15.2 Å². The topological polar surface area (TPSA) is 103 Å². The first-order valence-electron chi connectivity index (χ1n) is 9.88. The lowest BCUT2D eigenvalue weighted by atomic mass is 10.1. The Morgan fingerprint density at radius 3 is 2.45 bits per heavy atom. The molecule has 9 nitrogen and oxygen atoms in total. The van der Waals surface area contributed by atoms with Gasteiger partial charge in [-0.3, -0.25) is 4.79 Å². The summed E-state index contributed by atoms with van der Waals surface area (Å²) >= 11 is 0. The quantitative estimate of drug-likeness (QED) is 0.470. The minimum absolute atomic E-state index is 0.280. The van der Waals surface area contributed by atoms with Crippen LogP contribution in [0.2, 0.25) is 0 Å². The van der Waals surface area contributed by atoms with Gasteiger partial charge in [0.2, 0.25) is 12.2 Å². The van der Waals surface area contributed by atoms with E-state index in [-0.39, 0.29) is 6.42 Å². The van der Waals surface area contributed by atoms with E-state index in [0.717, 1.165) is 25.1 Å². The highest BCUT2D eigenvalue weighted by molar-refractivity contribution is 5.89. The summed E-state index contributed by atoms with van der Waals surface area (Å²) in [5.74, 6) is -1.05. The summed E-state index contributed by atoms with van der Waals surface area (Å²) in [7, 11) is 3.19. The molecule has 164 valence electrons. The molecule has 29 heavy (non-hydrogen) atoms. The van der Waals surface area contributed by atoms with Crippen LogP contribution in [0.1, 0.15) is 53.2 Å². The summed E-state index contributed by atoms with van der Waals surface area (Å²) in [5, 5.41) is 5.14. The van der Waals surface area contributed by atoms with Crippen molar-refractivity contribution in [2.45, 2.75) is 78.1 Å². The number of amides is 2. The number of nitrogens with zero attached hydrogens (tertiary/aromatic N) is 2. The average molecular weight is 412 g/mol. The van der Waals surface area contributed by atoms with Crippen LogP contribution in [0.3, 0.4) is 0 Å². The van der Waals surface area contributed by atoms with Crippen molar-refractivity contribution in [1.29, 1.82) is 0 Å². The highest BCUT2D eigenvalue weighted by Gasteiger charge is 2.29. The highest BCUT2D eigenvalue weighted by Crippen LogP contribution is 2.08. The molecule has 0 bridgehead atoms. The summed E-state index contributed by atoms with van der Waals surface area (Å²) in [4.78, 5) is 36.7. The lowest BCUT2D eigenvalue weighted by Crippen LogP contribution is -2.52. The number of ether oxygens (including phenoxy) is 2. The van der Waals surface area contributed by atoms with Crippen LogP contribution in [-0.2, 0) is 39.1 Å². The van der Waals surface area contributed by atoms with Crippen molar-refractivity contribution < 1.29 is 28.4 Å². The number of rotatable bonds is 9. The first-order chi connectivity index (χ1) is 13.5. The number of hydrogen-bond donors (Lipinski definition) is 2. The van der Waals surface area contributed by atoms with Crippen molar-refractivity contribution in [3.63, 3.8) is 0 Å². The molecule has 0 saturated carbocycles. The monoisotopic (exact) mass is 411 g/mol. The zero-order valence-electron chi connectivity index (χ0n) is 18.6. The van der Waals surface area contributed by atoms with Crippen LogP contribution in [0.5, 0.6) is 0 Å².